The van der Waals surface area contributed by atoms with E-state index in [-0.39, 0.29) is 29.2 Å². The molecule has 1 amide bonds. The van der Waals surface area contributed by atoms with Crippen molar-refractivity contribution < 1.29 is 18.7 Å². The highest BCUT2D eigenvalue weighted by atomic mass is 79.9. The predicted molar refractivity (Wildman–Crippen MR) is 98.8 cm³/mol. The molecular weight excluding hydrogens is 397 g/mol. The van der Waals surface area contributed by atoms with Crippen LogP contribution in [0.25, 0.3) is 0 Å². The Hall–Kier alpha value is -1.08. The van der Waals surface area contributed by atoms with E-state index >= 15 is 0 Å². The molecule has 0 radical (unpaired) electrons. The van der Waals surface area contributed by atoms with Crippen molar-refractivity contribution in [3.63, 3.8) is 0 Å². The van der Waals surface area contributed by atoms with Crippen molar-refractivity contribution >= 4 is 45.3 Å². The lowest BCUT2D eigenvalue weighted by atomic mass is 10.3. The molecule has 1 unspecified atom stereocenters. The number of carbonyl (C=O) groups is 2. The third-order valence-corrected chi connectivity index (χ3v) is 5.58. The average molecular weight is 420 g/mol. The van der Waals surface area contributed by atoms with Gasteiger partial charge in [0.25, 0.3) is 0 Å². The number of thioether (sulfide) groups is 1. The van der Waals surface area contributed by atoms with E-state index in [4.69, 9.17) is 4.74 Å². The number of ether oxygens (including phenoxy) is 1. The van der Waals surface area contributed by atoms with E-state index in [0.29, 0.717) is 22.4 Å². The summed E-state index contributed by atoms with van der Waals surface area (Å²) in [6.45, 7) is 6.04. The van der Waals surface area contributed by atoms with Crippen LogP contribution in [0.2, 0.25) is 0 Å². The summed E-state index contributed by atoms with van der Waals surface area (Å²) in [5, 5.41) is 2.15. The molecule has 1 rings (SSSR count). The first kappa shape index (κ1) is 21.0. The highest BCUT2D eigenvalue weighted by Crippen LogP contribution is 2.36. The van der Waals surface area contributed by atoms with E-state index in [2.05, 4.69) is 21.2 Å². The van der Waals surface area contributed by atoms with Crippen LogP contribution >= 0.6 is 27.7 Å². The molecule has 0 heterocycles. The van der Waals surface area contributed by atoms with Gasteiger partial charge in [-0.3, -0.25) is 9.59 Å². The minimum absolute atomic E-state index is 0.113. The first-order valence-electron chi connectivity index (χ1n) is 8.05. The van der Waals surface area contributed by atoms with Gasteiger partial charge in [0.2, 0.25) is 5.91 Å². The second-order valence-electron chi connectivity index (χ2n) is 5.20. The summed E-state index contributed by atoms with van der Waals surface area (Å²) in [6, 6.07) is 2.84. The molecule has 1 aromatic carbocycles. The summed E-state index contributed by atoms with van der Waals surface area (Å²) >= 11 is 4.61. The summed E-state index contributed by atoms with van der Waals surface area (Å²) in [7, 11) is 0. The maximum atomic E-state index is 14.0. The van der Waals surface area contributed by atoms with Gasteiger partial charge in [-0.2, -0.15) is 0 Å². The SMILES string of the molecule is CCCCOC(=O)C(CC)Sc1cc(NC(=O)CC)c(F)cc1Br. The summed E-state index contributed by atoms with van der Waals surface area (Å²) in [5.41, 5.74) is 0.113. The Balaban J connectivity index is 2.89. The first-order valence-corrected chi connectivity index (χ1v) is 9.72. The van der Waals surface area contributed by atoms with E-state index in [1.165, 1.54) is 17.8 Å². The number of nitrogens with one attached hydrogen (secondary N) is 1. The van der Waals surface area contributed by atoms with Crippen LogP contribution in [0.15, 0.2) is 21.5 Å². The quantitative estimate of drug-likeness (QED) is 0.341. The Kier molecular flexibility index (Phi) is 9.36. The third kappa shape index (κ3) is 6.43. The number of esters is 1. The van der Waals surface area contributed by atoms with Crippen molar-refractivity contribution in [2.24, 2.45) is 0 Å². The van der Waals surface area contributed by atoms with Crippen LogP contribution in [0, 0.1) is 5.82 Å². The fourth-order valence-electron chi connectivity index (χ4n) is 1.82. The number of halogens is 2. The maximum absolute atomic E-state index is 14.0. The van der Waals surface area contributed by atoms with Crippen LogP contribution in [0.1, 0.15) is 46.5 Å². The van der Waals surface area contributed by atoms with Gasteiger partial charge in [0.15, 0.2) is 0 Å². The van der Waals surface area contributed by atoms with Crippen molar-refractivity contribution in [2.75, 3.05) is 11.9 Å². The second kappa shape index (κ2) is 10.7. The fourth-order valence-corrected chi connectivity index (χ4v) is 3.41. The van der Waals surface area contributed by atoms with Crippen molar-refractivity contribution in [3.05, 3.63) is 22.4 Å². The van der Waals surface area contributed by atoms with E-state index in [1.807, 2.05) is 13.8 Å². The molecule has 0 aliphatic heterocycles. The number of carbonyl (C=O) groups excluding carboxylic acids is 2. The Bertz CT molecular complexity index is 583. The average Bonchev–Trinajstić information content (AvgIpc) is 2.56. The third-order valence-electron chi connectivity index (χ3n) is 3.26. The summed E-state index contributed by atoms with van der Waals surface area (Å²) in [6.07, 6.45) is 2.65. The highest BCUT2D eigenvalue weighted by molar-refractivity contribution is 9.10. The molecule has 0 fully saturated rings. The molecule has 1 aromatic rings. The summed E-state index contributed by atoms with van der Waals surface area (Å²) < 4.78 is 19.8. The Morgan fingerprint density at radius 3 is 2.62 bits per heavy atom. The Morgan fingerprint density at radius 2 is 2.04 bits per heavy atom. The normalized spacial score (nSPS) is 11.9. The lowest BCUT2D eigenvalue weighted by molar-refractivity contribution is -0.143. The second-order valence-corrected chi connectivity index (χ2v) is 7.30. The zero-order valence-electron chi connectivity index (χ0n) is 14.2. The van der Waals surface area contributed by atoms with E-state index in [0.717, 1.165) is 12.8 Å². The molecule has 0 saturated heterocycles. The Labute approximate surface area is 155 Å². The molecule has 0 aromatic heterocycles. The van der Waals surface area contributed by atoms with Gasteiger partial charge in [-0.1, -0.05) is 27.2 Å². The summed E-state index contributed by atoms with van der Waals surface area (Å²) in [4.78, 5) is 24.3. The van der Waals surface area contributed by atoms with Crippen LogP contribution in [0.3, 0.4) is 0 Å². The highest BCUT2D eigenvalue weighted by Gasteiger charge is 2.22. The zero-order chi connectivity index (χ0) is 18.1. The lowest BCUT2D eigenvalue weighted by Crippen LogP contribution is -2.20. The molecule has 134 valence electrons. The molecule has 0 aliphatic rings. The predicted octanol–water partition coefficient (Wildman–Crippen LogP) is 5.15. The number of unbranched alkanes of at least 4 members (excludes halogenated alkanes) is 1. The topological polar surface area (TPSA) is 55.4 Å². The zero-order valence-corrected chi connectivity index (χ0v) is 16.6. The van der Waals surface area contributed by atoms with E-state index in [9.17, 15) is 14.0 Å². The van der Waals surface area contributed by atoms with Crippen LogP contribution < -0.4 is 5.32 Å². The van der Waals surface area contributed by atoms with Gasteiger partial charge in [-0.15, -0.1) is 11.8 Å². The van der Waals surface area contributed by atoms with Crippen molar-refractivity contribution in [2.45, 2.75) is 56.6 Å². The lowest BCUT2D eigenvalue weighted by Gasteiger charge is -2.16. The van der Waals surface area contributed by atoms with Crippen molar-refractivity contribution in [1.82, 2.24) is 0 Å². The van der Waals surface area contributed by atoms with Gasteiger partial charge >= 0.3 is 5.97 Å². The molecule has 1 N–H and O–H groups in total. The Morgan fingerprint density at radius 1 is 1.33 bits per heavy atom. The van der Waals surface area contributed by atoms with Gasteiger partial charge in [0.1, 0.15) is 11.1 Å². The van der Waals surface area contributed by atoms with Crippen molar-refractivity contribution in [3.8, 4) is 0 Å². The van der Waals surface area contributed by atoms with E-state index < -0.39 is 5.82 Å². The minimum Gasteiger partial charge on any atom is -0.465 e. The summed E-state index contributed by atoms with van der Waals surface area (Å²) in [5.74, 6) is -1.06. The maximum Gasteiger partial charge on any atom is 0.319 e. The first-order chi connectivity index (χ1) is 11.4. The standard InChI is InChI=1S/C17H23BrFNO3S/c1-4-7-8-23-17(22)14(5-2)24-15-10-13(20-16(21)6-3)12(19)9-11(15)18/h9-10,14H,4-8H2,1-3H3,(H,20,21). The molecule has 24 heavy (non-hydrogen) atoms. The number of benzene rings is 1. The van der Waals surface area contributed by atoms with Gasteiger partial charge in [0, 0.05) is 15.8 Å². The van der Waals surface area contributed by atoms with Gasteiger partial charge in [-0.05, 0) is 40.9 Å². The molecule has 0 aliphatic carbocycles. The number of anilines is 1. The van der Waals surface area contributed by atoms with Crippen molar-refractivity contribution in [1.29, 1.82) is 0 Å². The number of hydrogen-bond donors (Lipinski definition) is 1. The fraction of sp³-hybridized carbons (Fsp3) is 0.529. The monoisotopic (exact) mass is 419 g/mol. The molecule has 1 atom stereocenters. The largest absolute Gasteiger partial charge is 0.465 e. The molecule has 0 spiro atoms. The molecule has 0 bridgehead atoms. The molecule has 7 heteroatoms. The number of amides is 1. The molecule has 0 saturated carbocycles. The van der Waals surface area contributed by atoms with Crippen LogP contribution in [-0.2, 0) is 14.3 Å². The van der Waals surface area contributed by atoms with Crippen LogP contribution in [-0.4, -0.2) is 23.7 Å². The van der Waals surface area contributed by atoms with Gasteiger partial charge in [0.05, 0.1) is 12.3 Å². The van der Waals surface area contributed by atoms with Crippen LogP contribution in [0.4, 0.5) is 10.1 Å². The number of rotatable bonds is 9. The molecule has 4 nitrogen and oxygen atoms in total. The van der Waals surface area contributed by atoms with Gasteiger partial charge in [-0.25, -0.2) is 4.39 Å². The molecular formula is C17H23BrFNO3S. The smallest absolute Gasteiger partial charge is 0.319 e. The van der Waals surface area contributed by atoms with E-state index in [1.54, 1.807) is 13.0 Å². The van der Waals surface area contributed by atoms with Gasteiger partial charge < -0.3 is 10.1 Å². The number of hydrogen-bond acceptors (Lipinski definition) is 4. The minimum atomic E-state index is -0.522. The van der Waals surface area contributed by atoms with Crippen LogP contribution in [0.5, 0.6) is 0 Å².